The third-order valence-corrected chi connectivity index (χ3v) is 3.49. The lowest BCUT2D eigenvalue weighted by atomic mass is 9.82. The van der Waals surface area contributed by atoms with Gasteiger partial charge in [-0.2, -0.15) is 0 Å². The van der Waals surface area contributed by atoms with Crippen LogP contribution in [0.3, 0.4) is 0 Å². The second-order valence-corrected chi connectivity index (χ2v) is 4.65. The predicted molar refractivity (Wildman–Crippen MR) is 67.0 cm³/mol. The van der Waals surface area contributed by atoms with Crippen LogP contribution in [0, 0.1) is 5.82 Å². The van der Waals surface area contributed by atoms with Gasteiger partial charge in [0, 0.05) is 13.2 Å². The fourth-order valence-electron chi connectivity index (χ4n) is 2.27. The Morgan fingerprint density at radius 3 is 2.50 bits per heavy atom. The molecular formula is C13H15ClFNO2. The van der Waals surface area contributed by atoms with E-state index in [9.17, 15) is 9.18 Å². The van der Waals surface area contributed by atoms with Gasteiger partial charge in [0.25, 0.3) is 0 Å². The molecule has 1 aromatic rings. The smallest absolute Gasteiger partial charge is 0.235 e. The summed E-state index contributed by atoms with van der Waals surface area (Å²) in [4.78, 5) is 11.6. The van der Waals surface area contributed by atoms with E-state index in [0.717, 1.165) is 5.56 Å². The molecule has 0 atom stereocenters. The molecule has 18 heavy (non-hydrogen) atoms. The maximum absolute atomic E-state index is 13.0. The molecule has 0 saturated carbocycles. The molecule has 1 amide bonds. The Hall–Kier alpha value is -1.13. The summed E-state index contributed by atoms with van der Waals surface area (Å²) in [7, 11) is 0. The zero-order valence-corrected chi connectivity index (χ0v) is 10.7. The van der Waals surface area contributed by atoms with E-state index >= 15 is 0 Å². The Bertz CT molecular complexity index is 416. The number of nitrogens with one attached hydrogen (secondary N) is 1. The first-order valence-electron chi connectivity index (χ1n) is 5.87. The van der Waals surface area contributed by atoms with Crippen LogP contribution >= 0.6 is 11.6 Å². The molecule has 1 aromatic carbocycles. The van der Waals surface area contributed by atoms with E-state index in [4.69, 9.17) is 16.3 Å². The molecule has 0 spiro atoms. The van der Waals surface area contributed by atoms with Gasteiger partial charge in [0.1, 0.15) is 11.7 Å². The fourth-order valence-corrected chi connectivity index (χ4v) is 2.34. The third kappa shape index (κ3) is 2.82. The molecule has 1 aliphatic rings. The monoisotopic (exact) mass is 271 g/mol. The van der Waals surface area contributed by atoms with Gasteiger partial charge < -0.3 is 10.1 Å². The molecule has 1 fully saturated rings. The van der Waals surface area contributed by atoms with E-state index in [1.807, 2.05) is 0 Å². The van der Waals surface area contributed by atoms with Gasteiger partial charge in [-0.15, -0.1) is 11.6 Å². The van der Waals surface area contributed by atoms with Crippen molar-refractivity contribution in [2.75, 3.05) is 19.1 Å². The number of amides is 1. The molecule has 2 rings (SSSR count). The van der Waals surface area contributed by atoms with Gasteiger partial charge in [-0.3, -0.25) is 4.79 Å². The first-order chi connectivity index (χ1) is 8.66. The van der Waals surface area contributed by atoms with E-state index < -0.39 is 5.54 Å². The van der Waals surface area contributed by atoms with Crippen LogP contribution in [0.5, 0.6) is 0 Å². The Morgan fingerprint density at radius 1 is 1.33 bits per heavy atom. The van der Waals surface area contributed by atoms with Gasteiger partial charge in [0.15, 0.2) is 0 Å². The van der Waals surface area contributed by atoms with Gasteiger partial charge in [-0.25, -0.2) is 4.39 Å². The predicted octanol–water partition coefficient (Wildman–Crippen LogP) is 2.19. The number of halogens is 2. The number of ether oxygens (including phenoxy) is 1. The minimum absolute atomic E-state index is 0.0796. The van der Waals surface area contributed by atoms with Crippen LogP contribution in [-0.4, -0.2) is 25.0 Å². The summed E-state index contributed by atoms with van der Waals surface area (Å²) in [5.74, 6) is -0.586. The van der Waals surface area contributed by atoms with Crippen LogP contribution in [0.4, 0.5) is 4.39 Å². The molecule has 1 N–H and O–H groups in total. The van der Waals surface area contributed by atoms with Gasteiger partial charge in [-0.05, 0) is 30.5 Å². The van der Waals surface area contributed by atoms with Crippen molar-refractivity contribution in [2.24, 2.45) is 0 Å². The highest BCUT2D eigenvalue weighted by molar-refractivity contribution is 6.27. The maximum atomic E-state index is 13.0. The first-order valence-corrected chi connectivity index (χ1v) is 6.40. The molecule has 3 nitrogen and oxygen atoms in total. The van der Waals surface area contributed by atoms with Crippen LogP contribution in [0.2, 0.25) is 0 Å². The molecule has 0 bridgehead atoms. The lowest BCUT2D eigenvalue weighted by Crippen LogP contribution is -2.49. The number of carbonyl (C=O) groups excluding carboxylic acids is 1. The number of carbonyl (C=O) groups is 1. The van der Waals surface area contributed by atoms with Crippen molar-refractivity contribution >= 4 is 17.5 Å². The van der Waals surface area contributed by atoms with Gasteiger partial charge >= 0.3 is 0 Å². The van der Waals surface area contributed by atoms with Crippen molar-refractivity contribution in [3.63, 3.8) is 0 Å². The van der Waals surface area contributed by atoms with E-state index in [-0.39, 0.29) is 17.6 Å². The minimum atomic E-state index is -0.488. The van der Waals surface area contributed by atoms with Gasteiger partial charge in [0.2, 0.25) is 5.91 Å². The number of hydrogen-bond acceptors (Lipinski definition) is 2. The molecule has 5 heteroatoms. The summed E-state index contributed by atoms with van der Waals surface area (Å²) in [6, 6.07) is 6.21. The van der Waals surface area contributed by atoms with Crippen molar-refractivity contribution in [3.05, 3.63) is 35.6 Å². The van der Waals surface area contributed by atoms with E-state index in [2.05, 4.69) is 5.32 Å². The topological polar surface area (TPSA) is 38.3 Å². The molecule has 98 valence electrons. The zero-order chi connectivity index (χ0) is 13.0. The molecular weight excluding hydrogens is 257 g/mol. The summed E-state index contributed by atoms with van der Waals surface area (Å²) in [5.41, 5.74) is 0.406. The number of rotatable bonds is 3. The first kappa shape index (κ1) is 13.3. The largest absolute Gasteiger partial charge is 0.381 e. The summed E-state index contributed by atoms with van der Waals surface area (Å²) in [6.07, 6.45) is 1.34. The van der Waals surface area contributed by atoms with Crippen LogP contribution < -0.4 is 5.32 Å². The fraction of sp³-hybridized carbons (Fsp3) is 0.462. The van der Waals surface area contributed by atoms with Crippen LogP contribution in [0.1, 0.15) is 18.4 Å². The molecule has 0 radical (unpaired) electrons. The van der Waals surface area contributed by atoms with Crippen LogP contribution in [-0.2, 0) is 15.1 Å². The molecule has 1 saturated heterocycles. The molecule has 1 aliphatic heterocycles. The Morgan fingerprint density at radius 2 is 1.94 bits per heavy atom. The third-order valence-electron chi connectivity index (χ3n) is 3.24. The molecule has 0 unspecified atom stereocenters. The summed E-state index contributed by atoms with van der Waals surface area (Å²) in [5, 5.41) is 2.94. The molecule has 0 aliphatic carbocycles. The van der Waals surface area contributed by atoms with Crippen LogP contribution in [0.15, 0.2) is 24.3 Å². The second kappa shape index (κ2) is 5.67. The van der Waals surface area contributed by atoms with E-state index in [1.165, 1.54) is 12.1 Å². The van der Waals surface area contributed by atoms with E-state index in [1.54, 1.807) is 12.1 Å². The summed E-state index contributed by atoms with van der Waals surface area (Å²) < 4.78 is 18.3. The van der Waals surface area contributed by atoms with Crippen molar-refractivity contribution in [3.8, 4) is 0 Å². The normalized spacial score (nSPS) is 18.3. The highest BCUT2D eigenvalue weighted by Crippen LogP contribution is 2.32. The highest BCUT2D eigenvalue weighted by atomic mass is 35.5. The minimum Gasteiger partial charge on any atom is -0.381 e. The quantitative estimate of drug-likeness (QED) is 0.856. The zero-order valence-electron chi connectivity index (χ0n) is 9.92. The second-order valence-electron chi connectivity index (χ2n) is 4.38. The number of alkyl halides is 1. The molecule has 0 aromatic heterocycles. The van der Waals surface area contributed by atoms with Gasteiger partial charge in [-0.1, -0.05) is 12.1 Å². The lowest BCUT2D eigenvalue weighted by molar-refractivity contribution is -0.122. The van der Waals surface area contributed by atoms with Crippen molar-refractivity contribution in [1.82, 2.24) is 5.32 Å². The highest BCUT2D eigenvalue weighted by Gasteiger charge is 2.35. The SMILES string of the molecule is O=C(CCl)NC1(c2ccc(F)cc2)CCOCC1. The average molecular weight is 272 g/mol. The number of hydrogen-bond donors (Lipinski definition) is 1. The van der Waals surface area contributed by atoms with Gasteiger partial charge in [0.05, 0.1) is 5.54 Å². The lowest BCUT2D eigenvalue weighted by Gasteiger charge is -2.38. The summed E-state index contributed by atoms with van der Waals surface area (Å²) in [6.45, 7) is 1.14. The maximum Gasteiger partial charge on any atom is 0.235 e. The Labute approximate surface area is 110 Å². The van der Waals surface area contributed by atoms with Crippen LogP contribution in [0.25, 0.3) is 0 Å². The molecule has 1 heterocycles. The Kier molecular flexibility index (Phi) is 4.19. The summed E-state index contributed by atoms with van der Waals surface area (Å²) >= 11 is 5.54. The van der Waals surface area contributed by atoms with Crippen molar-refractivity contribution in [2.45, 2.75) is 18.4 Å². The van der Waals surface area contributed by atoms with Crippen molar-refractivity contribution in [1.29, 1.82) is 0 Å². The number of benzene rings is 1. The van der Waals surface area contributed by atoms with E-state index in [0.29, 0.717) is 26.1 Å². The van der Waals surface area contributed by atoms with Crippen molar-refractivity contribution < 1.29 is 13.9 Å². The Balaban J connectivity index is 2.28. The standard InChI is InChI=1S/C13H15ClFNO2/c14-9-12(17)16-13(5-7-18-8-6-13)10-1-3-11(15)4-2-10/h1-4H,5-9H2,(H,16,17). The average Bonchev–Trinajstić information content (AvgIpc) is 2.40.